The SMILES string of the molecule is CCOC(=O)C(N)CCN(C)C1CCC1. The fourth-order valence-electron chi connectivity index (χ4n) is 1.72. The van der Waals surface area contributed by atoms with Crippen LogP contribution in [0.2, 0.25) is 0 Å². The minimum Gasteiger partial charge on any atom is -0.465 e. The van der Waals surface area contributed by atoms with E-state index >= 15 is 0 Å². The van der Waals surface area contributed by atoms with Gasteiger partial charge in [-0.25, -0.2) is 0 Å². The summed E-state index contributed by atoms with van der Waals surface area (Å²) in [5.41, 5.74) is 5.71. The minimum absolute atomic E-state index is 0.278. The lowest BCUT2D eigenvalue weighted by Crippen LogP contribution is -2.41. The number of hydrogen-bond donors (Lipinski definition) is 1. The third-order valence-electron chi connectivity index (χ3n) is 3.08. The van der Waals surface area contributed by atoms with Crippen LogP contribution in [0.5, 0.6) is 0 Å². The predicted molar refractivity (Wildman–Crippen MR) is 59.5 cm³/mol. The summed E-state index contributed by atoms with van der Waals surface area (Å²) in [7, 11) is 2.10. The average molecular weight is 214 g/mol. The highest BCUT2D eigenvalue weighted by atomic mass is 16.5. The Hall–Kier alpha value is -0.610. The number of nitrogens with zero attached hydrogens (tertiary/aromatic N) is 1. The fourth-order valence-corrected chi connectivity index (χ4v) is 1.72. The molecule has 1 aliphatic rings. The van der Waals surface area contributed by atoms with Crippen molar-refractivity contribution in [3.63, 3.8) is 0 Å². The molecule has 4 nitrogen and oxygen atoms in total. The zero-order valence-electron chi connectivity index (χ0n) is 9.74. The number of carbonyl (C=O) groups excluding carboxylic acids is 1. The van der Waals surface area contributed by atoms with Crippen molar-refractivity contribution < 1.29 is 9.53 Å². The van der Waals surface area contributed by atoms with Gasteiger partial charge in [-0.2, -0.15) is 0 Å². The lowest BCUT2D eigenvalue weighted by molar-refractivity contribution is -0.144. The van der Waals surface area contributed by atoms with E-state index in [-0.39, 0.29) is 5.97 Å². The molecule has 0 aromatic heterocycles. The molecule has 0 aromatic carbocycles. The molecule has 1 atom stereocenters. The second-order valence-electron chi connectivity index (χ2n) is 4.21. The Morgan fingerprint density at radius 2 is 2.27 bits per heavy atom. The molecule has 4 heteroatoms. The highest BCUT2D eigenvalue weighted by Crippen LogP contribution is 2.23. The Balaban J connectivity index is 2.14. The molecule has 88 valence electrons. The number of ether oxygens (including phenoxy) is 1. The predicted octanol–water partition coefficient (Wildman–Crippen LogP) is 0.751. The summed E-state index contributed by atoms with van der Waals surface area (Å²) in [6, 6.07) is 0.242. The number of hydrogen-bond acceptors (Lipinski definition) is 4. The van der Waals surface area contributed by atoms with Crippen molar-refractivity contribution in [1.82, 2.24) is 4.90 Å². The van der Waals surface area contributed by atoms with E-state index in [1.807, 2.05) is 0 Å². The first-order valence-electron chi connectivity index (χ1n) is 5.77. The van der Waals surface area contributed by atoms with Gasteiger partial charge < -0.3 is 15.4 Å². The Bertz CT molecular complexity index is 205. The molecule has 0 aromatic rings. The second kappa shape index (κ2) is 6.08. The van der Waals surface area contributed by atoms with Crippen molar-refractivity contribution in [1.29, 1.82) is 0 Å². The maximum absolute atomic E-state index is 11.2. The molecule has 0 spiro atoms. The standard InChI is InChI=1S/C11H22N2O2/c1-3-15-11(14)10(12)7-8-13(2)9-5-4-6-9/h9-10H,3-8,12H2,1-2H3. The van der Waals surface area contributed by atoms with Crippen LogP contribution < -0.4 is 5.73 Å². The largest absolute Gasteiger partial charge is 0.465 e. The van der Waals surface area contributed by atoms with Gasteiger partial charge in [0, 0.05) is 12.6 Å². The van der Waals surface area contributed by atoms with Crippen LogP contribution in [-0.2, 0) is 9.53 Å². The van der Waals surface area contributed by atoms with Crippen molar-refractivity contribution in [2.24, 2.45) is 5.73 Å². The van der Waals surface area contributed by atoms with Crippen LogP contribution in [0.1, 0.15) is 32.6 Å². The number of nitrogens with two attached hydrogens (primary N) is 1. The molecule has 2 N–H and O–H groups in total. The van der Waals surface area contributed by atoms with Gasteiger partial charge in [0.05, 0.1) is 6.61 Å². The lowest BCUT2D eigenvalue weighted by atomic mass is 9.92. The van der Waals surface area contributed by atoms with Crippen molar-refractivity contribution in [3.8, 4) is 0 Å². The average Bonchev–Trinajstić information content (AvgIpc) is 2.11. The van der Waals surface area contributed by atoms with Gasteiger partial charge in [0.25, 0.3) is 0 Å². The highest BCUT2D eigenvalue weighted by molar-refractivity contribution is 5.75. The van der Waals surface area contributed by atoms with E-state index in [0.29, 0.717) is 19.1 Å². The summed E-state index contributed by atoms with van der Waals surface area (Å²) in [6.45, 7) is 3.08. The first-order valence-corrected chi connectivity index (χ1v) is 5.77. The zero-order valence-corrected chi connectivity index (χ0v) is 9.74. The van der Waals surface area contributed by atoms with Crippen molar-refractivity contribution in [2.45, 2.75) is 44.7 Å². The molecular formula is C11H22N2O2. The second-order valence-corrected chi connectivity index (χ2v) is 4.21. The molecule has 0 radical (unpaired) electrons. The van der Waals surface area contributed by atoms with E-state index in [2.05, 4.69) is 11.9 Å². The van der Waals surface area contributed by atoms with Gasteiger partial charge in [-0.15, -0.1) is 0 Å². The Kier molecular flexibility index (Phi) is 5.05. The molecule has 1 rings (SSSR count). The molecule has 1 aliphatic carbocycles. The maximum atomic E-state index is 11.2. The normalized spacial score (nSPS) is 18.7. The molecule has 0 bridgehead atoms. The summed E-state index contributed by atoms with van der Waals surface area (Å²) in [6.07, 6.45) is 4.58. The van der Waals surface area contributed by atoms with Gasteiger partial charge in [-0.3, -0.25) is 4.79 Å². The lowest BCUT2D eigenvalue weighted by Gasteiger charge is -2.35. The molecule has 15 heavy (non-hydrogen) atoms. The van der Waals surface area contributed by atoms with Gasteiger partial charge in [0.15, 0.2) is 0 Å². The summed E-state index contributed by atoms with van der Waals surface area (Å²) in [4.78, 5) is 13.5. The molecule has 0 heterocycles. The van der Waals surface area contributed by atoms with Crippen LogP contribution >= 0.6 is 0 Å². The summed E-state index contributed by atoms with van der Waals surface area (Å²) < 4.78 is 4.85. The first-order chi connectivity index (χ1) is 7.15. The number of rotatable bonds is 6. The fraction of sp³-hybridized carbons (Fsp3) is 0.909. The summed E-state index contributed by atoms with van der Waals surface area (Å²) in [5.74, 6) is -0.278. The smallest absolute Gasteiger partial charge is 0.322 e. The van der Waals surface area contributed by atoms with E-state index in [0.717, 1.165) is 6.54 Å². The first kappa shape index (κ1) is 12.5. The van der Waals surface area contributed by atoms with E-state index in [9.17, 15) is 4.79 Å². The third-order valence-corrected chi connectivity index (χ3v) is 3.08. The van der Waals surface area contributed by atoms with Crippen molar-refractivity contribution in [2.75, 3.05) is 20.2 Å². The van der Waals surface area contributed by atoms with Crippen LogP contribution in [0.3, 0.4) is 0 Å². The monoisotopic (exact) mass is 214 g/mol. The van der Waals surface area contributed by atoms with Crippen LogP contribution in [0.15, 0.2) is 0 Å². The van der Waals surface area contributed by atoms with Crippen LogP contribution in [0.25, 0.3) is 0 Å². The summed E-state index contributed by atoms with van der Waals surface area (Å²) >= 11 is 0. The molecular weight excluding hydrogens is 192 g/mol. The van der Waals surface area contributed by atoms with E-state index in [4.69, 9.17) is 10.5 Å². The Labute approximate surface area is 91.8 Å². The highest BCUT2D eigenvalue weighted by Gasteiger charge is 2.23. The topological polar surface area (TPSA) is 55.6 Å². The van der Waals surface area contributed by atoms with Crippen molar-refractivity contribution in [3.05, 3.63) is 0 Å². The van der Waals surface area contributed by atoms with E-state index in [1.165, 1.54) is 19.3 Å². The van der Waals surface area contributed by atoms with Crippen LogP contribution in [0.4, 0.5) is 0 Å². The van der Waals surface area contributed by atoms with Gasteiger partial charge in [0.1, 0.15) is 6.04 Å². The minimum atomic E-state index is -0.465. The molecule has 1 saturated carbocycles. The summed E-state index contributed by atoms with van der Waals surface area (Å²) in [5, 5.41) is 0. The van der Waals surface area contributed by atoms with Crippen LogP contribution in [-0.4, -0.2) is 43.2 Å². The Morgan fingerprint density at radius 3 is 2.73 bits per heavy atom. The third kappa shape index (κ3) is 3.80. The number of esters is 1. The molecule has 0 aliphatic heterocycles. The number of carbonyl (C=O) groups is 1. The van der Waals surface area contributed by atoms with Gasteiger partial charge >= 0.3 is 5.97 Å². The van der Waals surface area contributed by atoms with Crippen molar-refractivity contribution >= 4 is 5.97 Å². The zero-order chi connectivity index (χ0) is 11.3. The maximum Gasteiger partial charge on any atom is 0.322 e. The van der Waals surface area contributed by atoms with Gasteiger partial charge in [-0.05, 0) is 33.2 Å². The van der Waals surface area contributed by atoms with Gasteiger partial charge in [-0.1, -0.05) is 6.42 Å². The molecule has 1 unspecified atom stereocenters. The molecule has 0 saturated heterocycles. The van der Waals surface area contributed by atoms with Gasteiger partial charge in [0.2, 0.25) is 0 Å². The van der Waals surface area contributed by atoms with Crippen LogP contribution in [0, 0.1) is 0 Å². The van der Waals surface area contributed by atoms with E-state index in [1.54, 1.807) is 6.92 Å². The quantitative estimate of drug-likeness (QED) is 0.663. The molecule has 0 amide bonds. The van der Waals surface area contributed by atoms with E-state index < -0.39 is 6.04 Å². The molecule has 1 fully saturated rings. The Morgan fingerprint density at radius 1 is 1.60 bits per heavy atom.